The van der Waals surface area contributed by atoms with Crippen LogP contribution in [0.5, 0.6) is 0 Å². The van der Waals surface area contributed by atoms with Crippen molar-refractivity contribution in [2.45, 2.75) is 47.0 Å². The van der Waals surface area contributed by atoms with Crippen LogP contribution in [0.4, 0.5) is 0 Å². The lowest BCUT2D eigenvalue weighted by molar-refractivity contribution is 0.223. The van der Waals surface area contributed by atoms with E-state index < -0.39 is 0 Å². The Labute approximate surface area is 99.5 Å². The monoisotopic (exact) mass is 220 g/mol. The van der Waals surface area contributed by atoms with Crippen LogP contribution in [0, 0.1) is 19.3 Å². The number of aryl methyl sites for hydroxylation is 1. The molecule has 0 amide bonds. The maximum atomic E-state index is 9.22. The molecule has 0 bridgehead atoms. The molecule has 0 aliphatic heterocycles. The van der Waals surface area contributed by atoms with Crippen molar-refractivity contribution in [1.82, 2.24) is 0 Å². The molecule has 1 rings (SSSR count). The van der Waals surface area contributed by atoms with Crippen molar-refractivity contribution in [2.75, 3.05) is 6.61 Å². The highest BCUT2D eigenvalue weighted by molar-refractivity contribution is 5.36. The van der Waals surface area contributed by atoms with Gasteiger partial charge in [-0.1, -0.05) is 39.0 Å². The number of aliphatic hydroxyl groups excluding tert-OH is 1. The first-order chi connectivity index (χ1) is 7.38. The molecule has 1 N–H and O–H groups in total. The normalized spacial score (nSPS) is 13.9. The Bertz CT molecular complexity index is 347. The minimum Gasteiger partial charge on any atom is -0.396 e. The van der Waals surface area contributed by atoms with Crippen molar-refractivity contribution >= 4 is 0 Å². The fraction of sp³-hybridized carbons (Fsp3) is 0.600. The van der Waals surface area contributed by atoms with E-state index in [0.29, 0.717) is 5.92 Å². The van der Waals surface area contributed by atoms with E-state index in [9.17, 15) is 5.11 Å². The second-order valence-electron chi connectivity index (χ2n) is 5.72. The predicted molar refractivity (Wildman–Crippen MR) is 69.8 cm³/mol. The molecule has 0 aromatic heterocycles. The lowest BCUT2D eigenvalue weighted by Crippen LogP contribution is -2.20. The first kappa shape index (κ1) is 13.2. The molecule has 0 spiro atoms. The Balaban J connectivity index is 3.16. The van der Waals surface area contributed by atoms with E-state index in [1.165, 1.54) is 16.7 Å². The van der Waals surface area contributed by atoms with E-state index >= 15 is 0 Å². The van der Waals surface area contributed by atoms with Crippen LogP contribution in [0.15, 0.2) is 18.2 Å². The Morgan fingerprint density at radius 2 is 1.81 bits per heavy atom. The summed E-state index contributed by atoms with van der Waals surface area (Å²) in [5.41, 5.74) is 4.29. The van der Waals surface area contributed by atoms with Crippen LogP contribution in [0.25, 0.3) is 0 Å². The van der Waals surface area contributed by atoms with E-state index in [1.54, 1.807) is 0 Å². The summed E-state index contributed by atoms with van der Waals surface area (Å²) < 4.78 is 0. The van der Waals surface area contributed by atoms with Gasteiger partial charge in [0.15, 0.2) is 0 Å². The summed E-state index contributed by atoms with van der Waals surface area (Å²) in [6.45, 7) is 11.3. The third kappa shape index (κ3) is 2.85. The molecular weight excluding hydrogens is 196 g/mol. The van der Waals surface area contributed by atoms with E-state index in [-0.39, 0.29) is 12.0 Å². The number of hydrogen-bond donors (Lipinski definition) is 1. The van der Waals surface area contributed by atoms with E-state index in [4.69, 9.17) is 0 Å². The van der Waals surface area contributed by atoms with Crippen molar-refractivity contribution in [3.63, 3.8) is 0 Å². The molecule has 0 aliphatic rings. The molecule has 1 nitrogen and oxygen atoms in total. The SMILES string of the molecule is Cc1cccc(C(CCO)C(C)(C)C)c1C. The lowest BCUT2D eigenvalue weighted by Gasteiger charge is -2.32. The fourth-order valence-corrected chi connectivity index (χ4v) is 2.34. The molecule has 1 unspecified atom stereocenters. The van der Waals surface area contributed by atoms with E-state index in [1.807, 2.05) is 0 Å². The number of rotatable bonds is 3. The molecule has 90 valence electrons. The van der Waals surface area contributed by atoms with Crippen LogP contribution in [0.2, 0.25) is 0 Å². The summed E-state index contributed by atoms with van der Waals surface area (Å²) in [4.78, 5) is 0. The molecule has 0 radical (unpaired) electrons. The van der Waals surface area contributed by atoms with Crippen molar-refractivity contribution < 1.29 is 5.11 Å². The first-order valence-electron chi connectivity index (χ1n) is 6.05. The van der Waals surface area contributed by atoms with Gasteiger partial charge in [0.05, 0.1) is 0 Å². The quantitative estimate of drug-likeness (QED) is 0.821. The van der Waals surface area contributed by atoms with Crippen LogP contribution < -0.4 is 0 Å². The molecule has 1 heteroatoms. The molecule has 1 atom stereocenters. The highest BCUT2D eigenvalue weighted by atomic mass is 16.3. The molecule has 0 saturated carbocycles. The summed E-state index contributed by atoms with van der Waals surface area (Å²) >= 11 is 0. The molecule has 1 aromatic rings. The van der Waals surface area contributed by atoms with Gasteiger partial charge >= 0.3 is 0 Å². The molecule has 0 fully saturated rings. The summed E-state index contributed by atoms with van der Waals surface area (Å²) in [5, 5.41) is 9.22. The van der Waals surface area contributed by atoms with Crippen molar-refractivity contribution in [3.8, 4) is 0 Å². The van der Waals surface area contributed by atoms with Crippen LogP contribution in [0.3, 0.4) is 0 Å². The van der Waals surface area contributed by atoms with Gasteiger partial charge in [0.1, 0.15) is 0 Å². The lowest BCUT2D eigenvalue weighted by atomic mass is 9.73. The molecular formula is C15H24O. The number of aliphatic hydroxyl groups is 1. The zero-order valence-electron chi connectivity index (χ0n) is 11.2. The zero-order chi connectivity index (χ0) is 12.3. The Morgan fingerprint density at radius 3 is 2.31 bits per heavy atom. The second-order valence-corrected chi connectivity index (χ2v) is 5.72. The topological polar surface area (TPSA) is 20.2 Å². The molecule has 0 heterocycles. The summed E-state index contributed by atoms with van der Waals surface area (Å²) in [5.74, 6) is 0.428. The van der Waals surface area contributed by atoms with Gasteiger partial charge in [-0.05, 0) is 48.3 Å². The van der Waals surface area contributed by atoms with Crippen molar-refractivity contribution in [2.24, 2.45) is 5.41 Å². The Hall–Kier alpha value is -0.820. The zero-order valence-corrected chi connectivity index (χ0v) is 11.2. The summed E-state index contributed by atoms with van der Waals surface area (Å²) in [6, 6.07) is 6.47. The highest BCUT2D eigenvalue weighted by Crippen LogP contribution is 2.39. The average molecular weight is 220 g/mol. The van der Waals surface area contributed by atoms with Crippen molar-refractivity contribution in [3.05, 3.63) is 34.9 Å². The highest BCUT2D eigenvalue weighted by Gasteiger charge is 2.26. The van der Waals surface area contributed by atoms with E-state index in [0.717, 1.165) is 6.42 Å². The largest absolute Gasteiger partial charge is 0.396 e. The number of benzene rings is 1. The van der Waals surface area contributed by atoms with Gasteiger partial charge in [-0.2, -0.15) is 0 Å². The van der Waals surface area contributed by atoms with Gasteiger partial charge in [-0.3, -0.25) is 0 Å². The third-order valence-electron chi connectivity index (χ3n) is 3.49. The Kier molecular flexibility index (Phi) is 4.15. The van der Waals surface area contributed by atoms with Crippen LogP contribution >= 0.6 is 0 Å². The minimum absolute atomic E-state index is 0.196. The van der Waals surface area contributed by atoms with Gasteiger partial charge < -0.3 is 5.11 Å². The van der Waals surface area contributed by atoms with Crippen LogP contribution in [0.1, 0.15) is 49.8 Å². The smallest absolute Gasteiger partial charge is 0.0437 e. The minimum atomic E-state index is 0.196. The fourth-order valence-electron chi connectivity index (χ4n) is 2.34. The maximum Gasteiger partial charge on any atom is 0.0437 e. The average Bonchev–Trinajstić information content (AvgIpc) is 2.18. The summed E-state index contributed by atoms with van der Waals surface area (Å²) in [7, 11) is 0. The van der Waals surface area contributed by atoms with Gasteiger partial charge in [-0.25, -0.2) is 0 Å². The molecule has 0 saturated heterocycles. The third-order valence-corrected chi connectivity index (χ3v) is 3.49. The first-order valence-corrected chi connectivity index (χ1v) is 6.05. The number of hydrogen-bond acceptors (Lipinski definition) is 1. The summed E-state index contributed by atoms with van der Waals surface area (Å²) in [6.07, 6.45) is 0.841. The molecule has 0 aliphatic carbocycles. The van der Waals surface area contributed by atoms with E-state index in [2.05, 4.69) is 52.8 Å². The maximum absolute atomic E-state index is 9.22. The molecule has 16 heavy (non-hydrogen) atoms. The standard InChI is InChI=1S/C15H24O/c1-11-7-6-8-13(12(11)2)14(9-10-16)15(3,4)5/h6-8,14,16H,9-10H2,1-5H3. The predicted octanol–water partition coefficient (Wildman–Crippen LogP) is 3.82. The molecule has 1 aromatic carbocycles. The van der Waals surface area contributed by atoms with Crippen molar-refractivity contribution in [1.29, 1.82) is 0 Å². The van der Waals surface area contributed by atoms with Gasteiger partial charge in [0.25, 0.3) is 0 Å². The van der Waals surface area contributed by atoms with Crippen LogP contribution in [-0.2, 0) is 0 Å². The van der Waals surface area contributed by atoms with Crippen LogP contribution in [-0.4, -0.2) is 11.7 Å². The Morgan fingerprint density at radius 1 is 1.19 bits per heavy atom. The second kappa shape index (κ2) is 5.01. The van der Waals surface area contributed by atoms with Gasteiger partial charge in [0, 0.05) is 6.61 Å². The van der Waals surface area contributed by atoms with Gasteiger partial charge in [-0.15, -0.1) is 0 Å². The van der Waals surface area contributed by atoms with Gasteiger partial charge in [0.2, 0.25) is 0 Å².